The molecular formula is C33H42N2O4. The van der Waals surface area contributed by atoms with Crippen molar-refractivity contribution < 1.29 is 19.0 Å². The summed E-state index contributed by atoms with van der Waals surface area (Å²) in [4.78, 5) is 14.5. The molecule has 0 aromatic heterocycles. The zero-order chi connectivity index (χ0) is 27.3. The molecule has 1 heterocycles. The predicted octanol–water partition coefficient (Wildman–Crippen LogP) is 6.26. The summed E-state index contributed by atoms with van der Waals surface area (Å²) in [5.74, 6) is 1.21. The Balaban J connectivity index is 1.54. The Morgan fingerprint density at radius 2 is 1.62 bits per heavy atom. The van der Waals surface area contributed by atoms with Crippen molar-refractivity contribution in [2.45, 2.75) is 71.9 Å². The molecule has 1 saturated heterocycles. The maximum atomic E-state index is 11.9. The third kappa shape index (κ3) is 8.84. The average Bonchev–Trinajstić information content (AvgIpc) is 3.41. The Kier molecular flexibility index (Phi) is 11.2. The Labute approximate surface area is 233 Å². The minimum absolute atomic E-state index is 0.0935. The lowest BCUT2D eigenvalue weighted by atomic mass is 10.1. The smallest absolute Gasteiger partial charge is 0.217 e. The van der Waals surface area contributed by atoms with Crippen LogP contribution in [-0.2, 0) is 35.9 Å². The van der Waals surface area contributed by atoms with Gasteiger partial charge in [0.2, 0.25) is 5.91 Å². The van der Waals surface area contributed by atoms with Crippen LogP contribution in [0.1, 0.15) is 61.8 Å². The van der Waals surface area contributed by atoms with Crippen LogP contribution in [0.2, 0.25) is 0 Å². The van der Waals surface area contributed by atoms with Gasteiger partial charge in [-0.05, 0) is 55.1 Å². The van der Waals surface area contributed by atoms with Gasteiger partial charge in [-0.25, -0.2) is 0 Å². The molecule has 0 aliphatic carbocycles. The third-order valence-electron chi connectivity index (χ3n) is 7.16. The van der Waals surface area contributed by atoms with Crippen molar-refractivity contribution in [2.24, 2.45) is 0 Å². The Morgan fingerprint density at radius 1 is 0.923 bits per heavy atom. The van der Waals surface area contributed by atoms with Crippen LogP contribution in [0.5, 0.6) is 11.5 Å². The molecule has 1 aliphatic rings. The molecule has 39 heavy (non-hydrogen) atoms. The maximum Gasteiger partial charge on any atom is 0.217 e. The Hall–Kier alpha value is -3.35. The molecule has 208 valence electrons. The number of likely N-dealkylation sites (tertiary alicyclic amines) is 1. The molecular weight excluding hydrogens is 488 g/mol. The van der Waals surface area contributed by atoms with Gasteiger partial charge in [0.25, 0.3) is 0 Å². The molecule has 1 aliphatic heterocycles. The monoisotopic (exact) mass is 530 g/mol. The normalized spacial score (nSPS) is 15.3. The summed E-state index contributed by atoms with van der Waals surface area (Å²) < 4.78 is 19.0. The van der Waals surface area contributed by atoms with Gasteiger partial charge in [0, 0.05) is 25.1 Å². The molecule has 3 aromatic carbocycles. The number of nitrogens with one attached hydrogen (secondary N) is 1. The van der Waals surface area contributed by atoms with Gasteiger partial charge in [0.15, 0.2) is 11.5 Å². The second-order valence-electron chi connectivity index (χ2n) is 10.2. The van der Waals surface area contributed by atoms with E-state index in [1.165, 1.54) is 32.6 Å². The lowest BCUT2D eigenvalue weighted by Crippen LogP contribution is -2.34. The summed E-state index contributed by atoms with van der Waals surface area (Å²) >= 11 is 0. The number of carbonyl (C=O) groups is 1. The van der Waals surface area contributed by atoms with Crippen LogP contribution >= 0.6 is 0 Å². The van der Waals surface area contributed by atoms with Crippen LogP contribution in [0.4, 0.5) is 0 Å². The van der Waals surface area contributed by atoms with E-state index in [0.29, 0.717) is 50.5 Å². The molecule has 4 rings (SSSR count). The first-order valence-corrected chi connectivity index (χ1v) is 14.2. The largest absolute Gasteiger partial charge is 0.485 e. The highest BCUT2D eigenvalue weighted by Crippen LogP contribution is 2.36. The third-order valence-corrected chi connectivity index (χ3v) is 7.16. The van der Waals surface area contributed by atoms with E-state index in [4.69, 9.17) is 14.2 Å². The number of rotatable bonds is 15. The second-order valence-corrected chi connectivity index (χ2v) is 10.2. The van der Waals surface area contributed by atoms with Crippen LogP contribution in [0.3, 0.4) is 0 Å². The van der Waals surface area contributed by atoms with Gasteiger partial charge in [-0.15, -0.1) is 0 Å². The zero-order valence-electron chi connectivity index (χ0n) is 23.4. The summed E-state index contributed by atoms with van der Waals surface area (Å²) in [6.45, 7) is 8.39. The molecule has 6 nitrogen and oxygen atoms in total. The predicted molar refractivity (Wildman–Crippen MR) is 155 cm³/mol. The highest BCUT2D eigenvalue weighted by molar-refractivity contribution is 5.73. The second kappa shape index (κ2) is 15.3. The summed E-state index contributed by atoms with van der Waals surface area (Å²) in [5.41, 5.74) is 4.02. The van der Waals surface area contributed by atoms with E-state index in [0.717, 1.165) is 35.3 Å². The lowest BCUT2D eigenvalue weighted by molar-refractivity contribution is -0.119. The molecule has 0 saturated carbocycles. The zero-order valence-corrected chi connectivity index (χ0v) is 23.4. The van der Waals surface area contributed by atoms with Gasteiger partial charge >= 0.3 is 0 Å². The molecule has 0 spiro atoms. The number of benzene rings is 3. The van der Waals surface area contributed by atoms with E-state index >= 15 is 0 Å². The standard InChI is InChI=1S/C33H42N2O4/c1-3-4-19-35-20-11-16-30(35)25-37-24-29-17-18-32(38-22-27-12-7-5-8-13-27)33(31(29)21-34-26(2)36)39-23-28-14-9-6-10-15-28/h5-10,12-15,17-18,30H,3-4,11,16,19-25H2,1-2H3,(H,34,36)/t30-/m1/s1. The SMILES string of the molecule is CCCCN1CCC[C@@H]1COCc1ccc(OCc2ccccc2)c(OCc2ccccc2)c1CNC(C)=O. The van der Waals surface area contributed by atoms with Crippen molar-refractivity contribution in [3.05, 3.63) is 95.1 Å². The van der Waals surface area contributed by atoms with E-state index in [9.17, 15) is 4.79 Å². The topological polar surface area (TPSA) is 60.0 Å². The molecule has 1 fully saturated rings. The fourth-order valence-corrected chi connectivity index (χ4v) is 4.97. The van der Waals surface area contributed by atoms with E-state index in [1.807, 2.05) is 72.8 Å². The van der Waals surface area contributed by atoms with Crippen molar-refractivity contribution in [3.8, 4) is 11.5 Å². The number of unbranched alkanes of at least 4 members (excludes halogenated alkanes) is 1. The summed E-state index contributed by atoms with van der Waals surface area (Å²) in [7, 11) is 0. The van der Waals surface area contributed by atoms with E-state index < -0.39 is 0 Å². The first-order chi connectivity index (χ1) is 19.1. The molecule has 1 atom stereocenters. The highest BCUT2D eigenvalue weighted by Gasteiger charge is 2.24. The van der Waals surface area contributed by atoms with Gasteiger partial charge < -0.3 is 19.5 Å². The summed E-state index contributed by atoms with van der Waals surface area (Å²) in [6.07, 6.45) is 4.85. The lowest BCUT2D eigenvalue weighted by Gasteiger charge is -2.25. The fraction of sp³-hybridized carbons (Fsp3) is 0.424. The Morgan fingerprint density at radius 3 is 2.28 bits per heavy atom. The van der Waals surface area contributed by atoms with Crippen molar-refractivity contribution in [1.82, 2.24) is 10.2 Å². The van der Waals surface area contributed by atoms with E-state index in [2.05, 4.69) is 17.1 Å². The number of carbonyl (C=O) groups excluding carboxylic acids is 1. The number of amides is 1. The number of ether oxygens (including phenoxy) is 3. The average molecular weight is 531 g/mol. The first-order valence-electron chi connectivity index (χ1n) is 14.2. The summed E-state index contributed by atoms with van der Waals surface area (Å²) in [6, 6.07) is 24.6. The molecule has 1 N–H and O–H groups in total. The summed E-state index contributed by atoms with van der Waals surface area (Å²) in [5, 5.41) is 2.97. The van der Waals surface area contributed by atoms with E-state index in [1.54, 1.807) is 0 Å². The molecule has 0 unspecified atom stereocenters. The highest BCUT2D eigenvalue weighted by atomic mass is 16.5. The molecule has 1 amide bonds. The number of nitrogens with zero attached hydrogens (tertiary/aromatic N) is 1. The fourth-order valence-electron chi connectivity index (χ4n) is 4.97. The minimum atomic E-state index is -0.0935. The van der Waals surface area contributed by atoms with Crippen LogP contribution in [-0.4, -0.2) is 36.5 Å². The number of hydrogen-bond acceptors (Lipinski definition) is 5. The van der Waals surface area contributed by atoms with Crippen molar-refractivity contribution in [2.75, 3.05) is 19.7 Å². The molecule has 6 heteroatoms. The van der Waals surface area contributed by atoms with Gasteiger partial charge in [-0.1, -0.05) is 80.1 Å². The van der Waals surface area contributed by atoms with Crippen LogP contribution < -0.4 is 14.8 Å². The van der Waals surface area contributed by atoms with Crippen LogP contribution in [0, 0.1) is 0 Å². The molecule has 0 radical (unpaired) electrons. The van der Waals surface area contributed by atoms with Gasteiger partial charge in [-0.3, -0.25) is 9.69 Å². The van der Waals surface area contributed by atoms with Crippen LogP contribution in [0.25, 0.3) is 0 Å². The van der Waals surface area contributed by atoms with Crippen LogP contribution in [0.15, 0.2) is 72.8 Å². The quantitative estimate of drug-likeness (QED) is 0.251. The van der Waals surface area contributed by atoms with Crippen molar-refractivity contribution in [1.29, 1.82) is 0 Å². The van der Waals surface area contributed by atoms with E-state index in [-0.39, 0.29) is 5.91 Å². The molecule has 3 aromatic rings. The molecule has 0 bridgehead atoms. The van der Waals surface area contributed by atoms with Crippen molar-refractivity contribution >= 4 is 5.91 Å². The minimum Gasteiger partial charge on any atom is -0.485 e. The van der Waals surface area contributed by atoms with Gasteiger partial charge in [0.1, 0.15) is 13.2 Å². The number of hydrogen-bond donors (Lipinski definition) is 1. The Bertz CT molecular complexity index is 1150. The van der Waals surface area contributed by atoms with Gasteiger partial charge in [0.05, 0.1) is 13.2 Å². The first kappa shape index (κ1) is 28.7. The maximum absolute atomic E-state index is 11.9. The van der Waals surface area contributed by atoms with Gasteiger partial charge in [-0.2, -0.15) is 0 Å². The van der Waals surface area contributed by atoms with Crippen molar-refractivity contribution in [3.63, 3.8) is 0 Å².